The zero-order valence-corrected chi connectivity index (χ0v) is 16.2. The van der Waals surface area contributed by atoms with E-state index in [-0.39, 0.29) is 18.0 Å². The van der Waals surface area contributed by atoms with E-state index in [1.165, 1.54) is 11.3 Å². The minimum atomic E-state index is -0.348. The van der Waals surface area contributed by atoms with Crippen molar-refractivity contribution in [3.8, 4) is 6.07 Å². The van der Waals surface area contributed by atoms with Gasteiger partial charge in [-0.05, 0) is 50.7 Å². The van der Waals surface area contributed by atoms with Crippen LogP contribution in [0.2, 0.25) is 0 Å². The van der Waals surface area contributed by atoms with Crippen LogP contribution in [0, 0.1) is 11.3 Å². The number of nitriles is 1. The Balaban J connectivity index is 1.69. The number of amides is 1. The average molecular weight is 368 g/mol. The fourth-order valence-corrected chi connectivity index (χ4v) is 4.70. The molecule has 26 heavy (non-hydrogen) atoms. The molecule has 1 aromatic carbocycles. The molecule has 0 saturated heterocycles. The molecule has 1 aromatic heterocycles. The molecule has 4 nitrogen and oxygen atoms in total. The van der Waals surface area contributed by atoms with Gasteiger partial charge in [0.15, 0.2) is 0 Å². The van der Waals surface area contributed by atoms with Crippen molar-refractivity contribution in [3.05, 3.63) is 51.9 Å². The number of fused-ring (bicyclic) bond motifs is 1. The molecule has 1 amide bonds. The van der Waals surface area contributed by atoms with E-state index in [2.05, 4.69) is 16.7 Å². The minimum absolute atomic E-state index is 0.0763. The number of benzene rings is 1. The molecule has 1 heterocycles. The van der Waals surface area contributed by atoms with Crippen LogP contribution >= 0.6 is 11.3 Å². The first kappa shape index (κ1) is 18.6. The summed E-state index contributed by atoms with van der Waals surface area (Å²) in [6.45, 7) is 3.91. The zero-order valence-electron chi connectivity index (χ0n) is 15.3. The van der Waals surface area contributed by atoms with Gasteiger partial charge in [-0.15, -0.1) is 11.3 Å². The number of hydrogen-bond donors (Lipinski definition) is 2. The predicted molar refractivity (Wildman–Crippen MR) is 106 cm³/mol. The quantitative estimate of drug-likeness (QED) is 0.761. The van der Waals surface area contributed by atoms with Gasteiger partial charge in [0.05, 0.1) is 11.6 Å². The van der Waals surface area contributed by atoms with Gasteiger partial charge < -0.3 is 5.32 Å². The SMILES string of the molecule is C[C@@H](N[C@H](C)c1ccccc1)C(=O)Nc1sc2c(c1C#N)CCCCC2. The van der Waals surface area contributed by atoms with E-state index in [4.69, 9.17) is 0 Å². The van der Waals surface area contributed by atoms with Crippen LogP contribution in [0.25, 0.3) is 0 Å². The van der Waals surface area contributed by atoms with Gasteiger partial charge in [-0.3, -0.25) is 10.1 Å². The summed E-state index contributed by atoms with van der Waals surface area (Å²) in [7, 11) is 0. The maximum atomic E-state index is 12.7. The van der Waals surface area contributed by atoms with Gasteiger partial charge in [-0.1, -0.05) is 36.8 Å². The third-order valence-electron chi connectivity index (χ3n) is 4.96. The topological polar surface area (TPSA) is 64.9 Å². The summed E-state index contributed by atoms with van der Waals surface area (Å²) in [6.07, 6.45) is 5.47. The molecular weight excluding hydrogens is 342 g/mol. The number of anilines is 1. The molecule has 0 spiro atoms. The van der Waals surface area contributed by atoms with Crippen molar-refractivity contribution in [2.75, 3.05) is 5.32 Å². The van der Waals surface area contributed by atoms with Gasteiger partial charge in [0, 0.05) is 10.9 Å². The molecule has 0 aliphatic heterocycles. The van der Waals surface area contributed by atoms with Gasteiger partial charge in [0.1, 0.15) is 11.1 Å². The number of carbonyl (C=O) groups is 1. The summed E-state index contributed by atoms with van der Waals surface area (Å²) >= 11 is 1.58. The van der Waals surface area contributed by atoms with Crippen LogP contribution in [0.4, 0.5) is 5.00 Å². The van der Waals surface area contributed by atoms with Crippen LogP contribution in [0.15, 0.2) is 30.3 Å². The fourth-order valence-electron chi connectivity index (χ4n) is 3.46. The van der Waals surface area contributed by atoms with E-state index >= 15 is 0 Å². The maximum absolute atomic E-state index is 12.7. The number of carbonyl (C=O) groups excluding carboxylic acids is 1. The van der Waals surface area contributed by atoms with Crippen molar-refractivity contribution in [2.45, 2.75) is 58.0 Å². The lowest BCUT2D eigenvalue weighted by Crippen LogP contribution is -2.39. The molecule has 0 fully saturated rings. The molecule has 1 aliphatic rings. The van der Waals surface area contributed by atoms with Crippen LogP contribution in [0.5, 0.6) is 0 Å². The summed E-state index contributed by atoms with van der Waals surface area (Å²) in [5.41, 5.74) is 2.97. The fraction of sp³-hybridized carbons (Fsp3) is 0.429. The Morgan fingerprint density at radius 2 is 1.88 bits per heavy atom. The number of thiophene rings is 1. The summed E-state index contributed by atoms with van der Waals surface area (Å²) in [5.74, 6) is -0.0966. The third-order valence-corrected chi connectivity index (χ3v) is 6.17. The second-order valence-corrected chi connectivity index (χ2v) is 8.00. The van der Waals surface area contributed by atoms with Gasteiger partial charge in [0.25, 0.3) is 0 Å². The van der Waals surface area contributed by atoms with Crippen molar-refractivity contribution in [1.29, 1.82) is 5.26 Å². The number of hydrogen-bond acceptors (Lipinski definition) is 4. The van der Waals surface area contributed by atoms with Gasteiger partial charge in [-0.2, -0.15) is 5.26 Å². The first-order valence-electron chi connectivity index (χ1n) is 9.26. The lowest BCUT2D eigenvalue weighted by atomic mass is 10.1. The van der Waals surface area contributed by atoms with E-state index in [9.17, 15) is 10.1 Å². The average Bonchev–Trinajstić information content (AvgIpc) is 2.81. The van der Waals surface area contributed by atoms with E-state index in [0.29, 0.717) is 10.6 Å². The molecule has 0 bridgehead atoms. The van der Waals surface area contributed by atoms with Crippen LogP contribution < -0.4 is 10.6 Å². The van der Waals surface area contributed by atoms with E-state index < -0.39 is 0 Å². The summed E-state index contributed by atoms with van der Waals surface area (Å²) < 4.78 is 0. The summed E-state index contributed by atoms with van der Waals surface area (Å²) in [4.78, 5) is 13.9. The standard InChI is InChI=1S/C21H25N3OS/c1-14(16-9-5-3-6-10-16)23-15(2)20(25)24-21-18(13-22)17-11-7-4-8-12-19(17)26-21/h3,5-6,9-10,14-15,23H,4,7-8,11-12H2,1-2H3,(H,24,25)/t14-,15-/m1/s1. The molecule has 0 radical (unpaired) electrons. The van der Waals surface area contributed by atoms with Crippen LogP contribution in [-0.4, -0.2) is 11.9 Å². The lowest BCUT2D eigenvalue weighted by Gasteiger charge is -2.19. The molecule has 5 heteroatoms. The van der Waals surface area contributed by atoms with Crippen molar-refractivity contribution >= 4 is 22.2 Å². The number of rotatable bonds is 5. The van der Waals surface area contributed by atoms with Gasteiger partial charge in [0.2, 0.25) is 5.91 Å². The Bertz CT molecular complexity index is 807. The second kappa shape index (κ2) is 8.48. The molecule has 2 atom stereocenters. The molecule has 0 unspecified atom stereocenters. The predicted octanol–water partition coefficient (Wildman–Crippen LogP) is 4.57. The molecule has 3 rings (SSSR count). The lowest BCUT2D eigenvalue weighted by molar-refractivity contribution is -0.117. The number of nitrogens with zero attached hydrogens (tertiary/aromatic N) is 1. The van der Waals surface area contributed by atoms with E-state index in [0.717, 1.165) is 36.8 Å². The Labute approximate surface area is 159 Å². The van der Waals surface area contributed by atoms with Crippen molar-refractivity contribution in [1.82, 2.24) is 5.32 Å². The van der Waals surface area contributed by atoms with Crippen molar-refractivity contribution in [2.24, 2.45) is 0 Å². The Hall–Kier alpha value is -2.16. The maximum Gasteiger partial charge on any atom is 0.241 e. The molecular formula is C21H25N3OS. The minimum Gasteiger partial charge on any atom is -0.315 e. The Morgan fingerprint density at radius 1 is 1.15 bits per heavy atom. The molecule has 1 aliphatic carbocycles. The molecule has 2 aromatic rings. The highest BCUT2D eigenvalue weighted by molar-refractivity contribution is 7.16. The molecule has 0 saturated carbocycles. The highest BCUT2D eigenvalue weighted by Crippen LogP contribution is 2.37. The van der Waals surface area contributed by atoms with Crippen LogP contribution in [0.3, 0.4) is 0 Å². The van der Waals surface area contributed by atoms with Crippen molar-refractivity contribution in [3.63, 3.8) is 0 Å². The number of nitrogens with one attached hydrogen (secondary N) is 2. The molecule has 2 N–H and O–H groups in total. The van der Waals surface area contributed by atoms with E-state index in [1.54, 1.807) is 11.3 Å². The largest absolute Gasteiger partial charge is 0.315 e. The van der Waals surface area contributed by atoms with Crippen molar-refractivity contribution < 1.29 is 4.79 Å². The Morgan fingerprint density at radius 3 is 2.62 bits per heavy atom. The first-order chi connectivity index (χ1) is 12.6. The summed E-state index contributed by atoms with van der Waals surface area (Å²) in [6, 6.07) is 12.1. The molecule has 136 valence electrons. The van der Waals surface area contributed by atoms with E-state index in [1.807, 2.05) is 44.2 Å². The zero-order chi connectivity index (χ0) is 18.5. The van der Waals surface area contributed by atoms with Crippen LogP contribution in [0.1, 0.15) is 60.7 Å². The van der Waals surface area contributed by atoms with Crippen LogP contribution in [-0.2, 0) is 17.6 Å². The Kier molecular flexibility index (Phi) is 6.08. The summed E-state index contributed by atoms with van der Waals surface area (Å²) in [5, 5.41) is 16.6. The smallest absolute Gasteiger partial charge is 0.241 e. The second-order valence-electron chi connectivity index (χ2n) is 6.89. The monoisotopic (exact) mass is 367 g/mol. The third kappa shape index (κ3) is 4.14. The van der Waals surface area contributed by atoms with Gasteiger partial charge >= 0.3 is 0 Å². The first-order valence-corrected chi connectivity index (χ1v) is 10.1. The van der Waals surface area contributed by atoms with Gasteiger partial charge in [-0.25, -0.2) is 0 Å². The highest BCUT2D eigenvalue weighted by atomic mass is 32.1. The highest BCUT2D eigenvalue weighted by Gasteiger charge is 2.23. The number of aryl methyl sites for hydroxylation is 1. The normalized spacial score (nSPS) is 16.0.